The quantitative estimate of drug-likeness (QED) is 0.0343. The molecule has 3 aliphatic heterocycles. The van der Waals surface area contributed by atoms with Gasteiger partial charge in [0, 0.05) is 26.5 Å². The molecule has 0 aliphatic carbocycles. The van der Waals surface area contributed by atoms with Crippen LogP contribution in [0.2, 0.25) is 0 Å². The van der Waals surface area contributed by atoms with Crippen LogP contribution in [0.15, 0.2) is 0 Å². The van der Waals surface area contributed by atoms with Crippen molar-refractivity contribution in [3.63, 3.8) is 0 Å². The Labute approximate surface area is 336 Å². The molecule has 0 aromatic carbocycles. The first-order chi connectivity index (χ1) is 27.9. The molecule has 0 bridgehead atoms. The van der Waals surface area contributed by atoms with Crippen molar-refractivity contribution in [1.29, 1.82) is 0 Å². The highest BCUT2D eigenvalue weighted by molar-refractivity contribution is 5.75. The minimum absolute atomic E-state index is 0.0156. The largest absolute Gasteiger partial charge is 0.394 e. The molecule has 58 heavy (non-hydrogen) atoms. The Morgan fingerprint density at radius 1 is 0.569 bits per heavy atom. The van der Waals surface area contributed by atoms with Crippen LogP contribution in [-0.2, 0) is 57.0 Å². The van der Waals surface area contributed by atoms with E-state index in [1.807, 2.05) is 6.92 Å². The van der Waals surface area contributed by atoms with Crippen LogP contribution < -0.4 is 10.6 Å². The maximum absolute atomic E-state index is 12.2. The summed E-state index contributed by atoms with van der Waals surface area (Å²) in [4.78, 5) is 24.4. The molecule has 0 radical (unpaired) electrons. The predicted octanol–water partition coefficient (Wildman–Crippen LogP) is -6.03. The Morgan fingerprint density at radius 2 is 1.09 bits per heavy atom. The molecule has 3 saturated heterocycles. The molecule has 2 amide bonds. The zero-order chi connectivity index (χ0) is 42.6. The van der Waals surface area contributed by atoms with Crippen molar-refractivity contribution < 1.29 is 103 Å². The second-order valence-corrected chi connectivity index (χ2v) is 13.8. The van der Waals surface area contributed by atoms with Gasteiger partial charge in [-0.3, -0.25) is 9.59 Å². The average Bonchev–Trinajstić information content (AvgIpc) is 3.20. The van der Waals surface area contributed by atoms with Gasteiger partial charge in [-0.2, -0.15) is 0 Å². The molecular formula is C35H64N2O21. The maximum atomic E-state index is 12.2. The summed E-state index contributed by atoms with van der Waals surface area (Å²) in [6.07, 6.45) is -21.9. The number of aliphatic hydroxyl groups is 9. The molecule has 0 saturated carbocycles. The van der Waals surface area contributed by atoms with Crippen molar-refractivity contribution in [1.82, 2.24) is 10.6 Å². The molecule has 23 heteroatoms. The average molecular weight is 849 g/mol. The van der Waals surface area contributed by atoms with Gasteiger partial charge in [0.25, 0.3) is 0 Å². The zero-order valence-corrected chi connectivity index (χ0v) is 32.9. The highest BCUT2D eigenvalue weighted by Gasteiger charge is 2.54. The summed E-state index contributed by atoms with van der Waals surface area (Å²) >= 11 is 0. The normalized spacial score (nSPS) is 35.5. The summed E-state index contributed by atoms with van der Waals surface area (Å²) in [7, 11) is 0. The van der Waals surface area contributed by atoms with E-state index in [1.165, 1.54) is 6.92 Å². The fourth-order valence-electron chi connectivity index (χ4n) is 6.24. The molecule has 0 aromatic rings. The summed E-state index contributed by atoms with van der Waals surface area (Å²) in [5, 5.41) is 99.0. The molecule has 23 nitrogen and oxygen atoms in total. The van der Waals surface area contributed by atoms with Gasteiger partial charge in [0.2, 0.25) is 11.8 Å². The van der Waals surface area contributed by atoms with Gasteiger partial charge in [-0.25, -0.2) is 0 Å². The summed E-state index contributed by atoms with van der Waals surface area (Å²) in [5.41, 5.74) is 0. The number of hydrogen-bond acceptors (Lipinski definition) is 21. The predicted molar refractivity (Wildman–Crippen MR) is 192 cm³/mol. The second kappa shape index (κ2) is 27.2. The van der Waals surface area contributed by atoms with Gasteiger partial charge in [-0.15, -0.1) is 0 Å². The molecule has 340 valence electrons. The van der Waals surface area contributed by atoms with Crippen molar-refractivity contribution in [3.05, 3.63) is 0 Å². The summed E-state index contributed by atoms with van der Waals surface area (Å²) in [5.74, 6) is -0.851. The van der Waals surface area contributed by atoms with Gasteiger partial charge in [0.1, 0.15) is 73.2 Å². The van der Waals surface area contributed by atoms with E-state index < -0.39 is 118 Å². The van der Waals surface area contributed by atoms with Crippen LogP contribution >= 0.6 is 0 Å². The van der Waals surface area contributed by atoms with Gasteiger partial charge >= 0.3 is 0 Å². The minimum atomic E-state index is -1.95. The van der Waals surface area contributed by atoms with Gasteiger partial charge in [-0.05, 0) is 12.8 Å². The molecule has 3 rings (SSSR count). The van der Waals surface area contributed by atoms with Crippen molar-refractivity contribution in [3.8, 4) is 0 Å². The van der Waals surface area contributed by atoms with E-state index in [0.29, 0.717) is 52.7 Å². The fourth-order valence-corrected chi connectivity index (χ4v) is 6.24. The van der Waals surface area contributed by atoms with Gasteiger partial charge in [0.05, 0.1) is 72.7 Å². The molecule has 3 aliphatic rings. The number of nitrogens with one attached hydrogen (secondary N) is 2. The third-order valence-corrected chi connectivity index (χ3v) is 9.34. The molecule has 11 N–H and O–H groups in total. The number of aliphatic hydroxyl groups excluding tert-OH is 9. The third kappa shape index (κ3) is 15.6. The Bertz CT molecular complexity index is 1150. The van der Waals surface area contributed by atoms with Crippen LogP contribution in [-0.4, -0.2) is 236 Å². The van der Waals surface area contributed by atoms with E-state index in [-0.39, 0.29) is 32.1 Å². The van der Waals surface area contributed by atoms with E-state index in [4.69, 9.17) is 47.4 Å². The SMILES string of the molecule is CCCOCCOCCOCCOCCC(=O)NCCCO[C@@H]1OC(CO)[C@@H](O[C@@H]2OC(CO)[C@H](O)[C@H](O[C@H]3OC(CO)[C@H](O)[C@H](O)C3O)C2O)[C@@H](O)C1NC(C)=O. The van der Waals surface area contributed by atoms with Crippen LogP contribution in [0.5, 0.6) is 0 Å². The van der Waals surface area contributed by atoms with E-state index >= 15 is 0 Å². The van der Waals surface area contributed by atoms with Gasteiger partial charge < -0.3 is 104 Å². The molecular weight excluding hydrogens is 784 g/mol. The van der Waals surface area contributed by atoms with E-state index in [9.17, 15) is 55.5 Å². The van der Waals surface area contributed by atoms with E-state index in [2.05, 4.69) is 10.6 Å². The lowest BCUT2D eigenvalue weighted by atomic mass is 9.95. The lowest BCUT2D eigenvalue weighted by Gasteiger charge is -2.48. The van der Waals surface area contributed by atoms with Gasteiger partial charge in [0.15, 0.2) is 18.9 Å². The smallest absolute Gasteiger partial charge is 0.222 e. The van der Waals surface area contributed by atoms with Crippen LogP contribution in [0.1, 0.15) is 33.1 Å². The van der Waals surface area contributed by atoms with E-state index in [0.717, 1.165) is 6.42 Å². The minimum Gasteiger partial charge on any atom is -0.394 e. The Balaban J connectivity index is 1.46. The van der Waals surface area contributed by atoms with Crippen molar-refractivity contribution in [2.45, 2.75) is 125 Å². The highest BCUT2D eigenvalue weighted by Crippen LogP contribution is 2.33. The topological polar surface area (TPSA) is 333 Å². The van der Waals surface area contributed by atoms with Crippen LogP contribution in [0.3, 0.4) is 0 Å². The van der Waals surface area contributed by atoms with Crippen LogP contribution in [0, 0.1) is 0 Å². The summed E-state index contributed by atoms with van der Waals surface area (Å²) in [6.45, 7) is 4.48. The maximum Gasteiger partial charge on any atom is 0.222 e. The first-order valence-electron chi connectivity index (χ1n) is 19.5. The first kappa shape index (κ1) is 50.5. The second-order valence-electron chi connectivity index (χ2n) is 13.8. The number of hydrogen-bond donors (Lipinski definition) is 11. The molecule has 0 spiro atoms. The highest BCUT2D eigenvalue weighted by atomic mass is 16.8. The molecule has 6 unspecified atom stereocenters. The van der Waals surface area contributed by atoms with Crippen LogP contribution in [0.25, 0.3) is 0 Å². The standard InChI is InChI=1S/C35H64N2O21/c1-3-7-49-10-12-51-14-15-52-13-11-50-9-5-23(42)36-6-4-8-53-33-24(37-19(2)41)27(45)31(22(18-40)56-33)57-35-30(48)32(26(44)21(17-39)55-35)58-34-29(47)28(46)25(43)20(16-38)54-34/h20-22,24-35,38-40,43-48H,3-18H2,1-2H3,(H,36,42)(H,37,41)/t20?,21?,22?,24?,25-,26-,27-,28-,29?,30?,31+,32-,33+,34+,35-/m0/s1. The summed E-state index contributed by atoms with van der Waals surface area (Å²) in [6, 6.07) is -1.29. The number of carbonyl (C=O) groups is 2. The van der Waals surface area contributed by atoms with Crippen molar-refractivity contribution in [2.75, 3.05) is 85.8 Å². The first-order valence-corrected chi connectivity index (χ1v) is 19.5. The van der Waals surface area contributed by atoms with Crippen LogP contribution in [0.4, 0.5) is 0 Å². The fraction of sp³-hybridized carbons (Fsp3) is 0.943. The molecule has 3 heterocycles. The molecule has 15 atom stereocenters. The molecule has 0 aromatic heterocycles. The Hall–Kier alpha value is -1.82. The number of ether oxygens (including phenoxy) is 10. The monoisotopic (exact) mass is 848 g/mol. The van der Waals surface area contributed by atoms with Gasteiger partial charge in [-0.1, -0.05) is 6.92 Å². The molecule has 3 fully saturated rings. The Kier molecular flexibility index (Phi) is 23.7. The number of carbonyl (C=O) groups excluding carboxylic acids is 2. The lowest BCUT2D eigenvalue weighted by molar-refractivity contribution is -0.376. The lowest BCUT2D eigenvalue weighted by Crippen LogP contribution is -2.68. The summed E-state index contributed by atoms with van der Waals surface area (Å²) < 4.78 is 55.5. The van der Waals surface area contributed by atoms with E-state index in [1.54, 1.807) is 0 Å². The Morgan fingerprint density at radius 3 is 1.66 bits per heavy atom. The number of amides is 2. The van der Waals surface area contributed by atoms with Crippen molar-refractivity contribution >= 4 is 11.8 Å². The van der Waals surface area contributed by atoms with Crippen molar-refractivity contribution in [2.24, 2.45) is 0 Å². The zero-order valence-electron chi connectivity index (χ0n) is 32.9. The number of rotatable bonds is 27. The third-order valence-electron chi connectivity index (χ3n) is 9.34.